The van der Waals surface area contributed by atoms with Gasteiger partial charge in [0.25, 0.3) is 0 Å². The van der Waals surface area contributed by atoms with Crippen LogP contribution in [0.3, 0.4) is 0 Å². The van der Waals surface area contributed by atoms with Gasteiger partial charge >= 0.3 is 0 Å². The zero-order chi connectivity index (χ0) is 29.7. The highest BCUT2D eigenvalue weighted by Crippen LogP contribution is 2.71. The Morgan fingerprint density at radius 2 is 0.857 bits per heavy atom. The molecule has 218 valence electrons. The van der Waals surface area contributed by atoms with Crippen LogP contribution in [0.25, 0.3) is 0 Å². The summed E-state index contributed by atoms with van der Waals surface area (Å²) in [5.41, 5.74) is 6.90. The summed E-state index contributed by atoms with van der Waals surface area (Å²) in [6, 6.07) is 20.7. The molecule has 0 spiro atoms. The van der Waals surface area contributed by atoms with Gasteiger partial charge in [-0.3, -0.25) is 0 Å². The number of halogens is 2. The van der Waals surface area contributed by atoms with E-state index in [-0.39, 0.29) is 23.7 Å². The summed E-state index contributed by atoms with van der Waals surface area (Å²) >= 11 is 7.96. The lowest BCUT2D eigenvalue weighted by molar-refractivity contribution is 0.370. The fourth-order valence-electron chi connectivity index (χ4n) is 7.05. The van der Waals surface area contributed by atoms with Crippen LogP contribution >= 0.6 is 31.9 Å². The largest absolute Gasteiger partial charge is 0.497 e. The molecule has 6 rings (SSSR count). The van der Waals surface area contributed by atoms with E-state index in [0.29, 0.717) is 5.75 Å². The van der Waals surface area contributed by atoms with Crippen LogP contribution in [0.15, 0.2) is 69.6 Å². The monoisotopic (exact) mass is 694 g/mol. The molecule has 42 heavy (non-hydrogen) atoms. The average molecular weight is 696 g/mol. The van der Waals surface area contributed by atoms with Gasteiger partial charge in [-0.1, -0.05) is 24.3 Å². The third kappa shape index (κ3) is 4.25. The van der Waals surface area contributed by atoms with Gasteiger partial charge < -0.3 is 28.4 Å². The molecule has 4 atom stereocenters. The van der Waals surface area contributed by atoms with Crippen LogP contribution in [0.5, 0.6) is 34.5 Å². The zero-order valence-electron chi connectivity index (χ0n) is 24.3. The van der Waals surface area contributed by atoms with Gasteiger partial charge in [0.15, 0.2) is 0 Å². The SMILES string of the molecule is COc1ccc(C2C3c4c(OC)cc(OC)c(Br)c4C2[C@H](c2ccc(OC)cc2)c2c(OC)cc(OC)c(Br)c23)cc1. The van der Waals surface area contributed by atoms with E-state index in [4.69, 9.17) is 28.4 Å². The second-order valence-electron chi connectivity index (χ2n) is 10.4. The lowest BCUT2D eigenvalue weighted by Crippen LogP contribution is -2.27. The molecule has 8 heteroatoms. The minimum Gasteiger partial charge on any atom is -0.497 e. The molecule has 4 aromatic rings. The number of benzene rings is 4. The van der Waals surface area contributed by atoms with E-state index in [1.165, 1.54) is 11.1 Å². The maximum Gasteiger partial charge on any atom is 0.137 e. The van der Waals surface area contributed by atoms with Crippen LogP contribution in [0.1, 0.15) is 57.1 Å². The molecular formula is C34H32Br2O6. The van der Waals surface area contributed by atoms with Gasteiger partial charge in [-0.2, -0.15) is 0 Å². The summed E-state index contributed by atoms with van der Waals surface area (Å²) in [6.45, 7) is 0. The fourth-order valence-corrected chi connectivity index (χ4v) is 8.54. The molecule has 3 unspecified atom stereocenters. The quantitative estimate of drug-likeness (QED) is 0.185. The minimum atomic E-state index is -0.0826. The van der Waals surface area contributed by atoms with Crippen molar-refractivity contribution in [2.75, 3.05) is 42.7 Å². The van der Waals surface area contributed by atoms with Crippen LogP contribution in [0, 0.1) is 0 Å². The number of ether oxygens (including phenoxy) is 6. The minimum absolute atomic E-state index is 0.00635. The topological polar surface area (TPSA) is 55.4 Å². The Morgan fingerprint density at radius 3 is 1.31 bits per heavy atom. The number of fused-ring (bicyclic) bond motifs is 7. The summed E-state index contributed by atoms with van der Waals surface area (Å²) in [5, 5.41) is 0. The van der Waals surface area contributed by atoms with Gasteiger partial charge in [0, 0.05) is 46.9 Å². The van der Waals surface area contributed by atoms with Crippen LogP contribution in [-0.4, -0.2) is 42.7 Å². The van der Waals surface area contributed by atoms with E-state index in [9.17, 15) is 0 Å². The maximum atomic E-state index is 6.12. The molecule has 0 radical (unpaired) electrons. The van der Waals surface area contributed by atoms with Gasteiger partial charge in [-0.15, -0.1) is 0 Å². The zero-order valence-corrected chi connectivity index (χ0v) is 27.5. The molecule has 0 fully saturated rings. The summed E-state index contributed by atoms with van der Waals surface area (Å²) < 4.78 is 36.9. The normalized spacial score (nSPS) is 19.9. The Balaban J connectivity index is 1.77. The van der Waals surface area contributed by atoms with Crippen molar-refractivity contribution in [3.05, 3.63) is 103 Å². The number of hydrogen-bond donors (Lipinski definition) is 0. The van der Waals surface area contributed by atoms with Crippen molar-refractivity contribution in [2.24, 2.45) is 0 Å². The van der Waals surface area contributed by atoms with Crippen molar-refractivity contribution in [1.29, 1.82) is 0 Å². The summed E-state index contributed by atoms with van der Waals surface area (Å²) in [7, 11) is 10.2. The molecule has 2 aliphatic rings. The van der Waals surface area contributed by atoms with E-state index in [1.807, 2.05) is 36.4 Å². The fraction of sp³-hybridized carbons (Fsp3) is 0.294. The molecule has 0 saturated carbocycles. The van der Waals surface area contributed by atoms with E-state index in [1.54, 1.807) is 42.7 Å². The molecule has 0 N–H and O–H groups in total. The van der Waals surface area contributed by atoms with Crippen LogP contribution in [0.4, 0.5) is 0 Å². The highest BCUT2D eigenvalue weighted by Gasteiger charge is 2.56. The van der Waals surface area contributed by atoms with Crippen molar-refractivity contribution in [3.63, 3.8) is 0 Å². The number of methoxy groups -OCH3 is 6. The van der Waals surface area contributed by atoms with Gasteiger partial charge in [0.2, 0.25) is 0 Å². The van der Waals surface area contributed by atoms with E-state index in [2.05, 4.69) is 56.1 Å². The third-order valence-corrected chi connectivity index (χ3v) is 10.4. The molecule has 0 amide bonds. The van der Waals surface area contributed by atoms with E-state index < -0.39 is 0 Å². The lowest BCUT2D eigenvalue weighted by atomic mass is 9.63. The Bertz CT molecular complexity index is 1630. The van der Waals surface area contributed by atoms with Crippen molar-refractivity contribution in [1.82, 2.24) is 0 Å². The lowest BCUT2D eigenvalue weighted by Gasteiger charge is -2.41. The molecule has 0 saturated heterocycles. The van der Waals surface area contributed by atoms with Crippen molar-refractivity contribution >= 4 is 31.9 Å². The smallest absolute Gasteiger partial charge is 0.137 e. The second-order valence-corrected chi connectivity index (χ2v) is 12.0. The van der Waals surface area contributed by atoms with Gasteiger partial charge in [0.05, 0.1) is 51.6 Å². The molecule has 2 bridgehead atoms. The standard InChI is InChI=1S/C34H32Br2O6/c1-37-19-11-7-17(8-12-19)25-27-21(39-3)15-23(41-5)33(35)31(27)30-26(18-9-13-20(38-2)14-10-18)29(25)32-28(30)22(40-4)16-24(42-6)34(32)36/h7-16,25-26,29-30H,1-6H3/t25-,26?,29?,30?/m1/s1. The highest BCUT2D eigenvalue weighted by atomic mass is 79.9. The second kappa shape index (κ2) is 11.4. The Morgan fingerprint density at radius 1 is 0.429 bits per heavy atom. The summed E-state index contributed by atoms with van der Waals surface area (Å²) in [6.07, 6.45) is 0. The maximum absolute atomic E-state index is 6.12. The Labute approximate surface area is 263 Å². The first kappa shape index (κ1) is 28.7. The van der Waals surface area contributed by atoms with Gasteiger partial charge in [0.1, 0.15) is 34.5 Å². The highest BCUT2D eigenvalue weighted by molar-refractivity contribution is 9.11. The van der Waals surface area contributed by atoms with Gasteiger partial charge in [-0.05, 0) is 78.4 Å². The Kier molecular flexibility index (Phi) is 7.79. The number of hydrogen-bond acceptors (Lipinski definition) is 6. The molecule has 4 aromatic carbocycles. The average Bonchev–Trinajstić information content (AvgIpc) is 3.30. The van der Waals surface area contributed by atoms with Crippen LogP contribution in [0.2, 0.25) is 0 Å². The van der Waals surface area contributed by atoms with Crippen molar-refractivity contribution in [3.8, 4) is 34.5 Å². The van der Waals surface area contributed by atoms with Gasteiger partial charge in [-0.25, -0.2) is 0 Å². The first-order chi connectivity index (χ1) is 20.4. The summed E-state index contributed by atoms with van der Waals surface area (Å²) in [4.78, 5) is 0. The Hall–Kier alpha value is -3.36. The number of rotatable bonds is 8. The molecule has 0 heterocycles. The third-order valence-electron chi connectivity index (χ3n) is 8.77. The van der Waals surface area contributed by atoms with Crippen molar-refractivity contribution in [2.45, 2.75) is 23.7 Å². The molecule has 6 nitrogen and oxygen atoms in total. The summed E-state index contributed by atoms with van der Waals surface area (Å²) in [5.74, 6) is 4.53. The van der Waals surface area contributed by atoms with E-state index in [0.717, 1.165) is 59.9 Å². The predicted octanol–water partition coefficient (Wildman–Crippen LogP) is 8.42. The predicted molar refractivity (Wildman–Crippen MR) is 170 cm³/mol. The first-order valence-electron chi connectivity index (χ1n) is 13.6. The van der Waals surface area contributed by atoms with Crippen LogP contribution < -0.4 is 28.4 Å². The van der Waals surface area contributed by atoms with Crippen LogP contribution in [-0.2, 0) is 0 Å². The molecule has 0 aliphatic heterocycles. The van der Waals surface area contributed by atoms with Crippen molar-refractivity contribution < 1.29 is 28.4 Å². The molecular weight excluding hydrogens is 664 g/mol. The first-order valence-corrected chi connectivity index (χ1v) is 15.2. The van der Waals surface area contributed by atoms with E-state index >= 15 is 0 Å². The molecule has 2 aliphatic carbocycles. The molecule has 0 aromatic heterocycles.